The van der Waals surface area contributed by atoms with Crippen molar-refractivity contribution in [2.24, 2.45) is 23.7 Å². The van der Waals surface area contributed by atoms with Crippen LogP contribution in [0.1, 0.15) is 49.1 Å². The molecular formula is C47H43NO. The van der Waals surface area contributed by atoms with Crippen LogP contribution in [0.3, 0.4) is 0 Å². The third-order valence-electron chi connectivity index (χ3n) is 11.6. The zero-order valence-electron chi connectivity index (χ0n) is 28.2. The van der Waals surface area contributed by atoms with Crippen LogP contribution in [0.5, 0.6) is 11.5 Å². The lowest BCUT2D eigenvalue weighted by Gasteiger charge is -2.54. The number of rotatable bonds is 8. The minimum atomic E-state index is 0.632. The smallest absolute Gasteiger partial charge is 0.130 e. The summed E-state index contributed by atoms with van der Waals surface area (Å²) in [7, 11) is 0. The van der Waals surface area contributed by atoms with Crippen molar-refractivity contribution >= 4 is 17.1 Å². The Labute approximate surface area is 291 Å². The molecule has 0 unspecified atom stereocenters. The van der Waals surface area contributed by atoms with Crippen LogP contribution in [0.4, 0.5) is 17.1 Å². The number of hydrogen-bond acceptors (Lipinski definition) is 2. The zero-order chi connectivity index (χ0) is 32.7. The fourth-order valence-electron chi connectivity index (χ4n) is 9.68. The van der Waals surface area contributed by atoms with E-state index in [0.29, 0.717) is 5.92 Å². The molecule has 4 fully saturated rings. The maximum atomic E-state index is 6.88. The third kappa shape index (κ3) is 5.74. The molecule has 4 bridgehead atoms. The van der Waals surface area contributed by atoms with Crippen LogP contribution >= 0.6 is 0 Å². The quantitative estimate of drug-likeness (QED) is 0.165. The van der Waals surface area contributed by atoms with Crippen LogP contribution in [0.15, 0.2) is 152 Å². The molecule has 2 heteroatoms. The summed E-state index contributed by atoms with van der Waals surface area (Å²) in [6, 6.07) is 54.5. The van der Waals surface area contributed by atoms with Gasteiger partial charge in [0.1, 0.15) is 11.5 Å². The maximum Gasteiger partial charge on any atom is 0.130 e. The lowest BCUT2D eigenvalue weighted by molar-refractivity contribution is -0.00335. The van der Waals surface area contributed by atoms with E-state index in [1.54, 1.807) is 0 Å². The normalized spacial score (nSPS) is 22.2. The molecule has 4 aliphatic rings. The van der Waals surface area contributed by atoms with Crippen LogP contribution in [0.25, 0.3) is 22.3 Å². The molecule has 6 aromatic carbocycles. The van der Waals surface area contributed by atoms with Crippen molar-refractivity contribution in [2.75, 3.05) is 4.90 Å². The molecular weight excluding hydrogens is 595 g/mol. The van der Waals surface area contributed by atoms with E-state index in [0.717, 1.165) is 57.8 Å². The highest BCUT2D eigenvalue weighted by Gasteiger charge is 2.49. The van der Waals surface area contributed by atoms with E-state index in [1.165, 1.54) is 59.9 Å². The summed E-state index contributed by atoms with van der Waals surface area (Å²) in [5, 5.41) is 0. The third-order valence-corrected chi connectivity index (χ3v) is 11.6. The Morgan fingerprint density at radius 1 is 0.490 bits per heavy atom. The van der Waals surface area contributed by atoms with Gasteiger partial charge < -0.3 is 9.64 Å². The molecule has 0 heterocycles. The van der Waals surface area contributed by atoms with Gasteiger partial charge in [0.25, 0.3) is 0 Å². The van der Waals surface area contributed by atoms with E-state index >= 15 is 0 Å². The first kappa shape index (κ1) is 30.0. The van der Waals surface area contributed by atoms with E-state index in [2.05, 4.69) is 163 Å². The lowest BCUT2D eigenvalue weighted by atomic mass is 9.50. The van der Waals surface area contributed by atoms with Crippen molar-refractivity contribution in [2.45, 2.75) is 44.9 Å². The molecule has 10 rings (SSSR count). The number of hydrogen-bond donors (Lipinski definition) is 0. The topological polar surface area (TPSA) is 12.5 Å². The number of aryl methyl sites for hydroxylation is 1. The molecule has 0 aliphatic heterocycles. The highest BCUT2D eigenvalue weighted by Crippen LogP contribution is 2.61. The second-order valence-electron chi connectivity index (χ2n) is 14.7. The minimum Gasteiger partial charge on any atom is -0.457 e. The van der Waals surface area contributed by atoms with E-state index in [4.69, 9.17) is 4.74 Å². The molecule has 0 amide bonds. The first-order chi connectivity index (χ1) is 24.2. The van der Waals surface area contributed by atoms with Gasteiger partial charge in [-0.2, -0.15) is 0 Å². The van der Waals surface area contributed by atoms with E-state index in [1.807, 2.05) is 0 Å². The molecule has 2 nitrogen and oxygen atoms in total. The molecule has 0 spiro atoms. The second-order valence-corrected chi connectivity index (χ2v) is 14.7. The van der Waals surface area contributed by atoms with Crippen LogP contribution in [-0.2, 0) is 0 Å². The van der Waals surface area contributed by atoms with Crippen molar-refractivity contribution in [3.8, 4) is 33.8 Å². The van der Waals surface area contributed by atoms with Gasteiger partial charge in [0.2, 0.25) is 0 Å². The SMILES string of the molecule is Cc1cc(N(c2ccc(-c3ccccc3)cc2)c2ccccc2-c2ccccc2)ccc1Oc1ccccc1C1[C@H]2C[C@H]3C[C@H](C[C@H]1C3)C2. The van der Waals surface area contributed by atoms with Gasteiger partial charge >= 0.3 is 0 Å². The Balaban J connectivity index is 1.08. The van der Waals surface area contributed by atoms with Gasteiger partial charge in [-0.05, 0) is 139 Å². The number of benzene rings is 6. The van der Waals surface area contributed by atoms with Crippen molar-refractivity contribution < 1.29 is 4.74 Å². The van der Waals surface area contributed by atoms with Crippen molar-refractivity contribution in [3.63, 3.8) is 0 Å². The highest BCUT2D eigenvalue weighted by molar-refractivity contribution is 5.88. The van der Waals surface area contributed by atoms with Gasteiger partial charge in [-0.1, -0.05) is 109 Å². The standard InChI is InChI=1S/C47H43NO/c1-32-26-41(24-25-45(32)49-46-19-11-9-17-43(46)47-38-28-33-27-34(30-38)31-39(47)29-33)48(40-22-20-36(21-23-40)35-12-4-2-5-13-35)44-18-10-8-16-42(44)37-14-6-3-7-15-37/h2-26,33-34,38-39,47H,27-31H2,1H3/t33-,34+,38+,39-,47?. The number of anilines is 3. The Hall–Kier alpha value is -5.08. The Kier molecular flexibility index (Phi) is 7.81. The van der Waals surface area contributed by atoms with E-state index < -0.39 is 0 Å². The predicted molar refractivity (Wildman–Crippen MR) is 203 cm³/mol. The molecule has 0 atom stereocenters. The molecule has 4 aliphatic carbocycles. The van der Waals surface area contributed by atoms with Crippen LogP contribution in [0.2, 0.25) is 0 Å². The average Bonchev–Trinajstić information content (AvgIpc) is 3.14. The fourth-order valence-corrected chi connectivity index (χ4v) is 9.68. The van der Waals surface area contributed by atoms with Gasteiger partial charge in [0, 0.05) is 16.9 Å². The number of para-hydroxylation sites is 2. The molecule has 0 N–H and O–H groups in total. The van der Waals surface area contributed by atoms with Gasteiger partial charge in [-0.25, -0.2) is 0 Å². The Bertz CT molecular complexity index is 2040. The van der Waals surface area contributed by atoms with Crippen LogP contribution in [-0.4, -0.2) is 0 Å². The monoisotopic (exact) mass is 637 g/mol. The molecule has 6 aromatic rings. The van der Waals surface area contributed by atoms with Crippen molar-refractivity contribution in [1.29, 1.82) is 0 Å². The summed E-state index contributed by atoms with van der Waals surface area (Å²) < 4.78 is 6.88. The molecule has 242 valence electrons. The van der Waals surface area contributed by atoms with Gasteiger partial charge in [0.15, 0.2) is 0 Å². The molecule has 4 saturated carbocycles. The molecule has 0 radical (unpaired) electrons. The summed E-state index contributed by atoms with van der Waals surface area (Å²) in [5.74, 6) is 6.16. The largest absolute Gasteiger partial charge is 0.457 e. The van der Waals surface area contributed by atoms with E-state index in [-0.39, 0.29) is 0 Å². The highest BCUT2D eigenvalue weighted by atomic mass is 16.5. The predicted octanol–water partition coefficient (Wildman–Crippen LogP) is 13.1. The number of nitrogens with zero attached hydrogens (tertiary/aromatic N) is 1. The fraction of sp³-hybridized carbons (Fsp3) is 0.234. The lowest BCUT2D eigenvalue weighted by Crippen LogP contribution is -2.43. The first-order valence-electron chi connectivity index (χ1n) is 18.2. The molecule has 0 aromatic heterocycles. The maximum absolute atomic E-state index is 6.88. The van der Waals surface area contributed by atoms with Gasteiger partial charge in [0.05, 0.1) is 5.69 Å². The Morgan fingerprint density at radius 2 is 1.06 bits per heavy atom. The Morgan fingerprint density at radius 3 is 1.76 bits per heavy atom. The molecule has 0 saturated heterocycles. The molecule has 49 heavy (non-hydrogen) atoms. The zero-order valence-corrected chi connectivity index (χ0v) is 28.2. The van der Waals surface area contributed by atoms with Crippen molar-refractivity contribution in [3.05, 3.63) is 163 Å². The van der Waals surface area contributed by atoms with Crippen LogP contribution in [0, 0.1) is 30.6 Å². The summed E-state index contributed by atoms with van der Waals surface area (Å²) in [4.78, 5) is 2.39. The summed E-state index contributed by atoms with van der Waals surface area (Å²) >= 11 is 0. The summed E-state index contributed by atoms with van der Waals surface area (Å²) in [6.07, 6.45) is 7.12. The van der Waals surface area contributed by atoms with Gasteiger partial charge in [-0.15, -0.1) is 0 Å². The number of ether oxygens (including phenoxy) is 1. The van der Waals surface area contributed by atoms with Crippen LogP contribution < -0.4 is 9.64 Å². The second kappa shape index (κ2) is 12.7. The summed E-state index contributed by atoms with van der Waals surface area (Å²) in [6.45, 7) is 2.18. The van der Waals surface area contributed by atoms with E-state index in [9.17, 15) is 0 Å². The summed E-state index contributed by atoms with van der Waals surface area (Å²) in [5.41, 5.74) is 10.7. The van der Waals surface area contributed by atoms with Gasteiger partial charge in [-0.3, -0.25) is 0 Å². The minimum absolute atomic E-state index is 0.632. The first-order valence-corrected chi connectivity index (χ1v) is 18.2. The van der Waals surface area contributed by atoms with Crippen molar-refractivity contribution in [1.82, 2.24) is 0 Å². The average molecular weight is 638 g/mol.